The Kier molecular flexibility index (Phi) is 3.80. The van der Waals surface area contributed by atoms with Crippen LogP contribution in [-0.4, -0.2) is 18.1 Å². The smallest absolute Gasteiger partial charge is 0.155 e. The molecule has 6 atom stereocenters. The second-order valence-corrected chi connectivity index (χ2v) is 9.31. The zero-order valence-electron chi connectivity index (χ0n) is 15.1. The first kappa shape index (κ1) is 16.5. The molecule has 24 heavy (non-hydrogen) atoms. The molecule has 3 fully saturated rings. The van der Waals surface area contributed by atoms with Gasteiger partial charge in [0.15, 0.2) is 5.78 Å². The van der Waals surface area contributed by atoms with Crippen LogP contribution in [0.2, 0.25) is 0 Å². The minimum Gasteiger partial charge on any atom is -0.324 e. The number of Topliss-reactive ketones (excluding diaryl/α,β-unsaturated/α-hetero) is 1. The lowest BCUT2D eigenvalue weighted by atomic mass is 9.46. The van der Waals surface area contributed by atoms with Gasteiger partial charge in [-0.05, 0) is 79.6 Å². The van der Waals surface area contributed by atoms with Crippen LogP contribution in [0.5, 0.6) is 0 Å². The van der Waals surface area contributed by atoms with Gasteiger partial charge in [-0.15, -0.1) is 0 Å². The highest BCUT2D eigenvalue weighted by atomic mass is 16.1. The summed E-state index contributed by atoms with van der Waals surface area (Å²) in [7, 11) is 0. The predicted molar refractivity (Wildman–Crippen MR) is 94.3 cm³/mol. The molecule has 0 aromatic rings. The van der Waals surface area contributed by atoms with Crippen LogP contribution in [0.25, 0.3) is 0 Å². The van der Waals surface area contributed by atoms with Crippen LogP contribution in [0.1, 0.15) is 65.2 Å². The molecule has 4 aliphatic rings. The van der Waals surface area contributed by atoms with Crippen LogP contribution in [-0.2, 0) is 9.59 Å². The summed E-state index contributed by atoms with van der Waals surface area (Å²) in [5.41, 5.74) is 7.52. The molecule has 0 aromatic heterocycles. The Morgan fingerprint density at radius 2 is 1.92 bits per heavy atom. The summed E-state index contributed by atoms with van der Waals surface area (Å²) in [5, 5.41) is 0. The monoisotopic (exact) mass is 329 g/mol. The third-order valence-corrected chi connectivity index (χ3v) is 8.55. The molecule has 0 saturated heterocycles. The van der Waals surface area contributed by atoms with Gasteiger partial charge >= 0.3 is 0 Å². The first-order valence-corrected chi connectivity index (χ1v) is 9.87. The van der Waals surface area contributed by atoms with Crippen LogP contribution in [0.4, 0.5) is 0 Å². The minimum absolute atomic E-state index is 0.166. The summed E-state index contributed by atoms with van der Waals surface area (Å²) in [4.78, 5) is 24.3. The average Bonchev–Trinajstić information content (AvgIpc) is 2.92. The molecular weight excluding hydrogens is 298 g/mol. The fourth-order valence-corrected chi connectivity index (χ4v) is 7.23. The highest BCUT2D eigenvalue weighted by molar-refractivity contribution is 5.91. The van der Waals surface area contributed by atoms with E-state index in [1.165, 1.54) is 24.8 Å². The molecule has 0 radical (unpaired) electrons. The summed E-state index contributed by atoms with van der Waals surface area (Å²) in [5.74, 6) is 2.91. The van der Waals surface area contributed by atoms with E-state index in [0.717, 1.165) is 38.0 Å². The molecule has 0 unspecified atom stereocenters. The second kappa shape index (κ2) is 5.52. The first-order valence-electron chi connectivity index (χ1n) is 9.87. The molecule has 3 heteroatoms. The fraction of sp³-hybridized carbons (Fsp3) is 0.810. The van der Waals surface area contributed by atoms with Gasteiger partial charge in [0.25, 0.3) is 0 Å². The third kappa shape index (κ3) is 2.13. The van der Waals surface area contributed by atoms with Gasteiger partial charge in [-0.1, -0.05) is 19.4 Å². The Morgan fingerprint density at radius 1 is 1.12 bits per heavy atom. The molecule has 0 spiro atoms. The number of hydrogen-bond donors (Lipinski definition) is 1. The highest BCUT2D eigenvalue weighted by Crippen LogP contribution is 2.66. The lowest BCUT2D eigenvalue weighted by Crippen LogP contribution is -2.51. The Hall–Kier alpha value is -0.960. The molecule has 2 N–H and O–H groups in total. The molecule has 4 aliphatic carbocycles. The van der Waals surface area contributed by atoms with Gasteiger partial charge in [0.2, 0.25) is 0 Å². The van der Waals surface area contributed by atoms with Crippen molar-refractivity contribution >= 4 is 11.6 Å². The van der Waals surface area contributed by atoms with Gasteiger partial charge < -0.3 is 5.73 Å². The van der Waals surface area contributed by atoms with Crippen molar-refractivity contribution in [2.45, 2.75) is 65.2 Å². The van der Waals surface area contributed by atoms with Crippen LogP contribution in [0.3, 0.4) is 0 Å². The molecule has 132 valence electrons. The second-order valence-electron chi connectivity index (χ2n) is 9.31. The Balaban J connectivity index is 1.65. The predicted octanol–water partition coefficient (Wildman–Crippen LogP) is 3.66. The van der Waals surface area contributed by atoms with E-state index in [2.05, 4.69) is 13.8 Å². The topological polar surface area (TPSA) is 60.2 Å². The molecule has 0 heterocycles. The number of ketones is 2. The van der Waals surface area contributed by atoms with E-state index >= 15 is 0 Å². The first-order chi connectivity index (χ1) is 11.4. The quantitative estimate of drug-likeness (QED) is 0.841. The lowest BCUT2D eigenvalue weighted by Gasteiger charge is -2.58. The van der Waals surface area contributed by atoms with E-state index in [-0.39, 0.29) is 29.1 Å². The van der Waals surface area contributed by atoms with Gasteiger partial charge in [0.1, 0.15) is 5.78 Å². The van der Waals surface area contributed by atoms with E-state index in [9.17, 15) is 9.59 Å². The van der Waals surface area contributed by atoms with Gasteiger partial charge in [-0.2, -0.15) is 0 Å². The van der Waals surface area contributed by atoms with Crippen LogP contribution in [0, 0.1) is 34.5 Å². The number of fused-ring (bicyclic) bond motifs is 5. The zero-order valence-corrected chi connectivity index (χ0v) is 15.1. The van der Waals surface area contributed by atoms with E-state index < -0.39 is 0 Å². The van der Waals surface area contributed by atoms with Crippen molar-refractivity contribution in [3.63, 3.8) is 0 Å². The van der Waals surface area contributed by atoms with Crippen molar-refractivity contribution in [2.75, 3.05) is 6.54 Å². The van der Waals surface area contributed by atoms with Crippen molar-refractivity contribution in [3.05, 3.63) is 11.6 Å². The summed E-state index contributed by atoms with van der Waals surface area (Å²) < 4.78 is 0. The molecule has 4 rings (SSSR count). The van der Waals surface area contributed by atoms with E-state index in [0.29, 0.717) is 17.6 Å². The maximum atomic E-state index is 12.4. The molecule has 0 bridgehead atoms. The number of carbonyl (C=O) groups is 2. The van der Waals surface area contributed by atoms with Crippen LogP contribution < -0.4 is 5.73 Å². The SMILES string of the molecule is C[C@]12CC[C@H]3[C@@H](CCC4=CC(=O)CC[C@@]43C)[C@@H]1CC[C@@H]2C(=O)CN. The van der Waals surface area contributed by atoms with Crippen molar-refractivity contribution in [3.8, 4) is 0 Å². The Labute approximate surface area is 145 Å². The summed E-state index contributed by atoms with van der Waals surface area (Å²) in [6.07, 6.45) is 10.6. The lowest BCUT2D eigenvalue weighted by molar-refractivity contribution is -0.129. The van der Waals surface area contributed by atoms with Gasteiger partial charge in [-0.25, -0.2) is 0 Å². The summed E-state index contributed by atoms with van der Waals surface area (Å²) in [6.45, 7) is 4.99. The Bertz CT molecular complexity index is 609. The molecule has 0 aromatic carbocycles. The zero-order chi connectivity index (χ0) is 17.1. The van der Waals surface area contributed by atoms with Gasteiger partial charge in [-0.3, -0.25) is 9.59 Å². The average molecular weight is 329 g/mol. The normalized spacial score (nSPS) is 47.5. The minimum atomic E-state index is 0.166. The maximum absolute atomic E-state index is 12.4. The largest absolute Gasteiger partial charge is 0.324 e. The number of allylic oxidation sites excluding steroid dienone is 1. The maximum Gasteiger partial charge on any atom is 0.155 e. The molecule has 3 nitrogen and oxygen atoms in total. The van der Waals surface area contributed by atoms with Crippen molar-refractivity contribution in [1.29, 1.82) is 0 Å². The van der Waals surface area contributed by atoms with Gasteiger partial charge in [0.05, 0.1) is 6.54 Å². The number of rotatable bonds is 2. The van der Waals surface area contributed by atoms with Gasteiger partial charge in [0, 0.05) is 12.3 Å². The molecule has 0 amide bonds. The highest BCUT2D eigenvalue weighted by Gasteiger charge is 2.59. The number of nitrogens with two attached hydrogens (primary N) is 1. The van der Waals surface area contributed by atoms with Crippen LogP contribution >= 0.6 is 0 Å². The molecular formula is C21H31NO2. The molecule has 0 aliphatic heterocycles. The number of carbonyl (C=O) groups excluding carboxylic acids is 2. The number of hydrogen-bond acceptors (Lipinski definition) is 3. The van der Waals surface area contributed by atoms with Crippen molar-refractivity contribution in [2.24, 2.45) is 40.2 Å². The standard InChI is InChI=1S/C21H31NO2/c1-20-9-7-14(23)11-13(20)3-4-15-16-5-6-18(19(24)12-22)21(16,2)10-8-17(15)20/h11,15-18H,3-10,12,22H2,1-2H3/t15-,16-,17-,18+,20-,21-/m0/s1. The van der Waals surface area contributed by atoms with E-state index in [4.69, 9.17) is 5.73 Å². The van der Waals surface area contributed by atoms with Crippen molar-refractivity contribution < 1.29 is 9.59 Å². The van der Waals surface area contributed by atoms with E-state index in [1.807, 2.05) is 6.08 Å². The molecule has 3 saturated carbocycles. The fourth-order valence-electron chi connectivity index (χ4n) is 7.23. The third-order valence-electron chi connectivity index (χ3n) is 8.55. The summed E-state index contributed by atoms with van der Waals surface area (Å²) >= 11 is 0. The Morgan fingerprint density at radius 3 is 2.67 bits per heavy atom. The summed E-state index contributed by atoms with van der Waals surface area (Å²) in [6, 6.07) is 0. The van der Waals surface area contributed by atoms with Crippen LogP contribution in [0.15, 0.2) is 11.6 Å². The van der Waals surface area contributed by atoms with Crippen molar-refractivity contribution in [1.82, 2.24) is 0 Å². The van der Waals surface area contributed by atoms with E-state index in [1.54, 1.807) is 0 Å².